The monoisotopic (exact) mass is 409 g/mol. The summed E-state index contributed by atoms with van der Waals surface area (Å²) in [6, 6.07) is 12.2. The highest BCUT2D eigenvalue weighted by Gasteiger charge is 2.25. The van der Waals surface area contributed by atoms with Crippen LogP contribution < -0.4 is 19.5 Å². The van der Waals surface area contributed by atoms with Gasteiger partial charge < -0.3 is 24.1 Å². The predicted octanol–water partition coefficient (Wildman–Crippen LogP) is 3.74. The van der Waals surface area contributed by atoms with Crippen molar-refractivity contribution in [1.82, 2.24) is 14.9 Å². The third-order valence-electron chi connectivity index (χ3n) is 4.63. The quantitative estimate of drug-likeness (QED) is 0.613. The van der Waals surface area contributed by atoms with Crippen LogP contribution in [-0.2, 0) is 7.05 Å². The maximum absolute atomic E-state index is 13.2. The molecule has 1 N–H and O–H groups in total. The molecule has 30 heavy (non-hydrogen) atoms. The van der Waals surface area contributed by atoms with Crippen LogP contribution in [0, 0.1) is 0 Å². The molecular formula is C23H27N3O4. The summed E-state index contributed by atoms with van der Waals surface area (Å²) in [4.78, 5) is 17.6. The van der Waals surface area contributed by atoms with E-state index in [9.17, 15) is 4.79 Å². The van der Waals surface area contributed by atoms with Crippen molar-refractivity contribution >= 4 is 5.91 Å². The molecule has 0 aliphatic carbocycles. The van der Waals surface area contributed by atoms with Crippen molar-refractivity contribution in [2.24, 2.45) is 7.05 Å². The minimum atomic E-state index is -0.494. The average molecular weight is 409 g/mol. The molecule has 1 aromatic heterocycles. The zero-order valence-electron chi connectivity index (χ0n) is 17.9. The highest BCUT2D eigenvalue weighted by molar-refractivity contribution is 5.95. The molecule has 0 aliphatic rings. The van der Waals surface area contributed by atoms with Gasteiger partial charge in [0.05, 0.1) is 20.3 Å². The average Bonchev–Trinajstić information content (AvgIpc) is 3.17. The number of aromatic nitrogens is 2. The third kappa shape index (κ3) is 4.56. The lowest BCUT2D eigenvalue weighted by Gasteiger charge is -2.21. The second-order valence-electron chi connectivity index (χ2n) is 7.08. The number of methoxy groups -OCH3 is 2. The van der Waals surface area contributed by atoms with Crippen LogP contribution in [0.4, 0.5) is 0 Å². The van der Waals surface area contributed by atoms with Gasteiger partial charge in [0.2, 0.25) is 0 Å². The Morgan fingerprint density at radius 1 is 1.03 bits per heavy atom. The van der Waals surface area contributed by atoms with Crippen LogP contribution in [0.2, 0.25) is 0 Å². The molecule has 1 atom stereocenters. The lowest BCUT2D eigenvalue weighted by atomic mass is 10.0. The molecule has 1 amide bonds. The van der Waals surface area contributed by atoms with E-state index in [0.717, 1.165) is 5.56 Å². The molecule has 0 bridgehead atoms. The van der Waals surface area contributed by atoms with Crippen LogP contribution in [-0.4, -0.2) is 35.8 Å². The number of nitrogens with zero attached hydrogens (tertiary/aromatic N) is 2. The zero-order chi connectivity index (χ0) is 21.7. The first-order chi connectivity index (χ1) is 14.4. The van der Waals surface area contributed by atoms with Gasteiger partial charge in [0, 0.05) is 30.6 Å². The molecule has 3 rings (SSSR count). The van der Waals surface area contributed by atoms with E-state index in [1.807, 2.05) is 55.9 Å². The fourth-order valence-corrected chi connectivity index (χ4v) is 3.22. The standard InChI is InChI=1S/C23H27N3O4/c1-15(2)30-19-11-10-16(14-20(19)29-5)23(27)25-21(22-24-12-13-26(22)3)17-8-6-7-9-18(17)28-4/h6-15,21H,1-5H3,(H,25,27). The number of ether oxygens (including phenoxy) is 3. The number of hydrogen-bond donors (Lipinski definition) is 1. The maximum Gasteiger partial charge on any atom is 0.252 e. The van der Waals surface area contributed by atoms with Gasteiger partial charge in [-0.25, -0.2) is 4.98 Å². The molecule has 0 fully saturated rings. The van der Waals surface area contributed by atoms with Crippen molar-refractivity contribution in [2.75, 3.05) is 14.2 Å². The van der Waals surface area contributed by atoms with Crippen molar-refractivity contribution < 1.29 is 19.0 Å². The van der Waals surface area contributed by atoms with Crippen molar-refractivity contribution in [1.29, 1.82) is 0 Å². The van der Waals surface area contributed by atoms with Gasteiger partial charge in [-0.3, -0.25) is 4.79 Å². The largest absolute Gasteiger partial charge is 0.496 e. The van der Waals surface area contributed by atoms with Gasteiger partial charge in [0.15, 0.2) is 11.5 Å². The summed E-state index contributed by atoms with van der Waals surface area (Å²) < 4.78 is 18.5. The number of carbonyl (C=O) groups excluding carboxylic acids is 1. The highest BCUT2D eigenvalue weighted by atomic mass is 16.5. The Balaban J connectivity index is 1.95. The fraction of sp³-hybridized carbons (Fsp3) is 0.304. The number of para-hydroxylation sites is 1. The van der Waals surface area contributed by atoms with Gasteiger partial charge >= 0.3 is 0 Å². The summed E-state index contributed by atoms with van der Waals surface area (Å²) in [6.07, 6.45) is 3.53. The predicted molar refractivity (Wildman–Crippen MR) is 114 cm³/mol. The molecule has 0 radical (unpaired) electrons. The zero-order valence-corrected chi connectivity index (χ0v) is 17.9. The van der Waals surface area contributed by atoms with Crippen molar-refractivity contribution in [3.05, 3.63) is 71.8 Å². The molecule has 7 nitrogen and oxygen atoms in total. The topological polar surface area (TPSA) is 74.6 Å². The van der Waals surface area contributed by atoms with Crippen LogP contribution in [0.1, 0.15) is 41.6 Å². The number of amides is 1. The summed E-state index contributed by atoms with van der Waals surface area (Å²) >= 11 is 0. The molecular weight excluding hydrogens is 382 g/mol. The van der Waals surface area contributed by atoms with Crippen molar-refractivity contribution in [3.8, 4) is 17.2 Å². The number of benzene rings is 2. The number of aryl methyl sites for hydroxylation is 1. The van der Waals surface area contributed by atoms with Gasteiger partial charge in [0.1, 0.15) is 17.6 Å². The van der Waals surface area contributed by atoms with E-state index in [0.29, 0.717) is 28.6 Å². The third-order valence-corrected chi connectivity index (χ3v) is 4.63. The van der Waals surface area contributed by atoms with Gasteiger partial charge in [-0.2, -0.15) is 0 Å². The van der Waals surface area contributed by atoms with E-state index in [2.05, 4.69) is 10.3 Å². The summed E-state index contributed by atoms with van der Waals surface area (Å²) in [5.74, 6) is 2.20. The lowest BCUT2D eigenvalue weighted by Crippen LogP contribution is -2.31. The number of rotatable bonds is 8. The number of imidazole rings is 1. The molecule has 7 heteroatoms. The van der Waals surface area contributed by atoms with Crippen LogP contribution in [0.25, 0.3) is 0 Å². The lowest BCUT2D eigenvalue weighted by molar-refractivity contribution is 0.0940. The van der Waals surface area contributed by atoms with Gasteiger partial charge in [-0.05, 0) is 38.1 Å². The van der Waals surface area contributed by atoms with Gasteiger partial charge in [-0.1, -0.05) is 18.2 Å². The SMILES string of the molecule is COc1cc(C(=O)NC(c2ccccc2OC)c2nccn2C)ccc1OC(C)C. The fourth-order valence-electron chi connectivity index (χ4n) is 3.22. The first-order valence-electron chi connectivity index (χ1n) is 9.70. The molecule has 0 saturated carbocycles. The molecule has 1 heterocycles. The molecule has 0 aliphatic heterocycles. The number of hydrogen-bond acceptors (Lipinski definition) is 5. The molecule has 0 saturated heterocycles. The summed E-state index contributed by atoms with van der Waals surface area (Å²) in [5, 5.41) is 3.08. The number of nitrogens with one attached hydrogen (secondary N) is 1. The van der Waals surface area contributed by atoms with E-state index >= 15 is 0 Å². The molecule has 3 aromatic rings. The Morgan fingerprint density at radius 3 is 2.40 bits per heavy atom. The smallest absolute Gasteiger partial charge is 0.252 e. The van der Waals surface area contributed by atoms with Crippen LogP contribution >= 0.6 is 0 Å². The van der Waals surface area contributed by atoms with Gasteiger partial charge in [-0.15, -0.1) is 0 Å². The van der Waals surface area contributed by atoms with Crippen molar-refractivity contribution in [2.45, 2.75) is 26.0 Å². The number of carbonyl (C=O) groups is 1. The summed E-state index contributed by atoms with van der Waals surface area (Å²) in [7, 11) is 5.04. The van der Waals surface area contributed by atoms with Crippen LogP contribution in [0.15, 0.2) is 54.9 Å². The van der Waals surface area contributed by atoms with Crippen LogP contribution in [0.5, 0.6) is 17.2 Å². The van der Waals surface area contributed by atoms with Crippen molar-refractivity contribution in [3.63, 3.8) is 0 Å². The first kappa shape index (κ1) is 21.2. The second-order valence-corrected chi connectivity index (χ2v) is 7.08. The molecule has 2 aromatic carbocycles. The summed E-state index contributed by atoms with van der Waals surface area (Å²) in [6.45, 7) is 3.87. The molecule has 158 valence electrons. The Morgan fingerprint density at radius 2 is 1.77 bits per heavy atom. The molecule has 1 unspecified atom stereocenters. The Kier molecular flexibility index (Phi) is 6.61. The molecule has 0 spiro atoms. The highest BCUT2D eigenvalue weighted by Crippen LogP contribution is 2.31. The van der Waals surface area contributed by atoms with E-state index in [1.165, 1.54) is 0 Å². The Bertz CT molecular complexity index is 1010. The van der Waals surface area contributed by atoms with E-state index in [1.54, 1.807) is 38.6 Å². The maximum atomic E-state index is 13.2. The minimum absolute atomic E-state index is 0.00285. The Labute approximate surface area is 176 Å². The minimum Gasteiger partial charge on any atom is -0.496 e. The normalized spacial score (nSPS) is 11.8. The van der Waals surface area contributed by atoms with Crippen LogP contribution in [0.3, 0.4) is 0 Å². The second kappa shape index (κ2) is 9.35. The first-order valence-corrected chi connectivity index (χ1v) is 9.70. The van der Waals surface area contributed by atoms with Gasteiger partial charge in [0.25, 0.3) is 5.91 Å². The van der Waals surface area contributed by atoms with E-state index in [4.69, 9.17) is 14.2 Å². The Hall–Kier alpha value is -3.48. The van der Waals surface area contributed by atoms with E-state index < -0.39 is 6.04 Å². The summed E-state index contributed by atoms with van der Waals surface area (Å²) in [5.41, 5.74) is 1.27. The van der Waals surface area contributed by atoms with E-state index in [-0.39, 0.29) is 12.0 Å².